The molecule has 0 bridgehead atoms. The van der Waals surface area contributed by atoms with E-state index in [0.717, 1.165) is 71.0 Å². The third-order valence-electron chi connectivity index (χ3n) is 13.5. The Kier molecular flexibility index (Phi) is 9.78. The van der Waals surface area contributed by atoms with Crippen molar-refractivity contribution in [1.82, 2.24) is 0 Å². The lowest BCUT2D eigenvalue weighted by Crippen LogP contribution is -2.17. The number of carbonyl (C=O) groups excluding carboxylic acids is 4. The second kappa shape index (κ2) is 16.3. The maximum absolute atomic E-state index is 13.7. The highest BCUT2D eigenvalue weighted by molar-refractivity contribution is 8.00. The number of nitrogens with zero attached hydrogens (tertiary/aromatic N) is 2. The summed E-state index contributed by atoms with van der Waals surface area (Å²) in [5, 5.41) is 3.77. The number of anilines is 6. The molecule has 0 aromatic heterocycles. The van der Waals surface area contributed by atoms with Gasteiger partial charge in [0.1, 0.15) is 11.1 Å². The van der Waals surface area contributed by atoms with Gasteiger partial charge in [-0.2, -0.15) is 0 Å². The molecule has 11 heteroatoms. The van der Waals surface area contributed by atoms with Gasteiger partial charge in [-0.15, -0.1) is 0 Å². The van der Waals surface area contributed by atoms with E-state index in [1.807, 2.05) is 142 Å². The first-order valence-corrected chi connectivity index (χ1v) is 24.3. The molecule has 0 aliphatic carbocycles. The van der Waals surface area contributed by atoms with Crippen molar-refractivity contribution in [2.24, 2.45) is 5.41 Å². The van der Waals surface area contributed by atoms with Gasteiger partial charge in [0.25, 0.3) is 0 Å². The Labute approximate surface area is 417 Å². The fourth-order valence-electron chi connectivity index (χ4n) is 10.2. The number of hydrogen-bond donors (Lipinski definition) is 0. The van der Waals surface area contributed by atoms with Crippen molar-refractivity contribution >= 4 is 102 Å². The first-order chi connectivity index (χ1) is 35.0. The molecule has 0 radical (unpaired) electrons. The van der Waals surface area contributed by atoms with Gasteiger partial charge in [-0.25, -0.2) is 19.2 Å². The van der Waals surface area contributed by atoms with Gasteiger partial charge in [-0.05, 0) is 123 Å². The molecule has 72 heavy (non-hydrogen) atoms. The summed E-state index contributed by atoms with van der Waals surface area (Å²) in [5.74, 6) is -1.52. The zero-order valence-corrected chi connectivity index (χ0v) is 39.8. The van der Waals surface area contributed by atoms with Crippen LogP contribution in [0.5, 0.6) is 0 Å². The average Bonchev–Trinajstić information content (AvgIpc) is 4.08. The second-order valence-corrected chi connectivity index (χ2v) is 20.1. The lowest BCUT2D eigenvalue weighted by atomic mass is 9.86. The Hall–Kier alpha value is -8.93. The summed E-state index contributed by atoms with van der Waals surface area (Å²) in [7, 11) is 0. The largest absolute Gasteiger partial charge is 0.418 e. The van der Waals surface area contributed by atoms with Crippen LogP contribution in [-0.4, -0.2) is 23.9 Å². The molecule has 8 aromatic carbocycles. The van der Waals surface area contributed by atoms with E-state index >= 15 is 0 Å². The minimum atomic E-state index is -0.571. The molecule has 0 saturated carbocycles. The summed E-state index contributed by atoms with van der Waals surface area (Å²) in [6.07, 6.45) is 0.183. The van der Waals surface area contributed by atoms with Crippen LogP contribution in [0.15, 0.2) is 220 Å². The number of carbonyl (C=O) groups is 4. The molecule has 13 rings (SSSR count). The molecule has 10 nitrogen and oxygen atoms in total. The third-order valence-corrected chi connectivity index (χ3v) is 14.7. The zero-order chi connectivity index (χ0) is 49.0. The van der Waals surface area contributed by atoms with Gasteiger partial charge in [0.05, 0.1) is 22.5 Å². The molecule has 0 spiro atoms. The number of fused-ring (bicyclic) bond motifs is 7. The lowest BCUT2D eigenvalue weighted by molar-refractivity contribution is -0.134. The van der Waals surface area contributed by atoms with Crippen LogP contribution in [-0.2, 0) is 44.5 Å². The van der Waals surface area contributed by atoms with Crippen LogP contribution in [0, 0.1) is 5.41 Å². The van der Waals surface area contributed by atoms with Gasteiger partial charge < -0.3 is 28.7 Å². The summed E-state index contributed by atoms with van der Waals surface area (Å²) in [6.45, 7) is 5.64. The van der Waals surface area contributed by atoms with Gasteiger partial charge in [-0.3, -0.25) is 0 Å². The molecule has 0 amide bonds. The van der Waals surface area contributed by atoms with Gasteiger partial charge in [0, 0.05) is 39.0 Å². The number of ether oxygens (including phenoxy) is 4. The van der Waals surface area contributed by atoms with E-state index < -0.39 is 29.3 Å². The van der Waals surface area contributed by atoms with Crippen LogP contribution < -0.4 is 9.80 Å². The molecule has 0 atom stereocenters. The van der Waals surface area contributed by atoms with Crippen molar-refractivity contribution < 1.29 is 38.1 Å². The number of esters is 4. The quantitative estimate of drug-likeness (QED) is 0.107. The van der Waals surface area contributed by atoms with Crippen LogP contribution in [0.25, 0.3) is 32.7 Å². The minimum absolute atomic E-state index is 0.143. The Morgan fingerprint density at radius 2 is 1.06 bits per heavy atom. The summed E-state index contributed by atoms with van der Waals surface area (Å²) >= 11 is 1.72. The van der Waals surface area contributed by atoms with Crippen LogP contribution in [0.1, 0.15) is 37.5 Å². The standard InChI is InChI=1S/C61H40N2O8S/c1-61(2,3)51-55-54(70-60(51)67)50(59(66)71-55)38-21-20-36-33-43(27-22-35(36)31-38)62(40-12-6-4-7-13-40)42-25-18-34(19-26-42)30-45-52-53(69-57(45)64)49(58(65)68-52)39-23-28-44-37(32-39)24-29-47-56(44)72-48-17-11-10-16-46(48)63(47)41-14-8-5-9-15-41/h4-29,31-33H,30H2,1-3H3. The predicted molar refractivity (Wildman–Crippen MR) is 277 cm³/mol. The van der Waals surface area contributed by atoms with Crippen LogP contribution in [0.2, 0.25) is 0 Å². The first-order valence-electron chi connectivity index (χ1n) is 23.5. The smallest absolute Gasteiger partial charge is 0.348 e. The molecule has 0 unspecified atom stereocenters. The Morgan fingerprint density at radius 1 is 0.486 bits per heavy atom. The number of hydrogen-bond acceptors (Lipinski definition) is 11. The monoisotopic (exact) mass is 960 g/mol. The topological polar surface area (TPSA) is 112 Å². The molecule has 8 aromatic rings. The Balaban J connectivity index is 0.790. The fourth-order valence-corrected chi connectivity index (χ4v) is 11.4. The van der Waals surface area contributed by atoms with E-state index in [1.54, 1.807) is 11.8 Å². The number of benzene rings is 8. The molecular weight excluding hydrogens is 921 g/mol. The third kappa shape index (κ3) is 6.95. The van der Waals surface area contributed by atoms with E-state index in [4.69, 9.17) is 18.9 Å². The molecule has 5 heterocycles. The van der Waals surface area contributed by atoms with E-state index in [9.17, 15) is 19.2 Å². The van der Waals surface area contributed by atoms with Gasteiger partial charge >= 0.3 is 23.9 Å². The normalized spacial score (nSPS) is 16.0. The molecular formula is C61H40N2O8S. The van der Waals surface area contributed by atoms with E-state index in [-0.39, 0.29) is 46.2 Å². The molecule has 0 saturated heterocycles. The van der Waals surface area contributed by atoms with E-state index in [1.165, 1.54) is 0 Å². The van der Waals surface area contributed by atoms with Crippen molar-refractivity contribution in [3.8, 4) is 0 Å². The fraction of sp³-hybridized carbons (Fsp3) is 0.0820. The summed E-state index contributed by atoms with van der Waals surface area (Å²) in [4.78, 5) is 60.0. The first kappa shape index (κ1) is 43.1. The molecule has 0 N–H and O–H groups in total. The van der Waals surface area contributed by atoms with Crippen molar-refractivity contribution in [2.75, 3.05) is 9.80 Å². The molecule has 5 aliphatic heterocycles. The summed E-state index contributed by atoms with van der Waals surface area (Å²) < 4.78 is 23.0. The maximum atomic E-state index is 13.7. The van der Waals surface area contributed by atoms with E-state index in [0.29, 0.717) is 16.7 Å². The van der Waals surface area contributed by atoms with Gasteiger partial charge in [0.15, 0.2) is 23.0 Å². The van der Waals surface area contributed by atoms with Crippen LogP contribution in [0.3, 0.4) is 0 Å². The highest BCUT2D eigenvalue weighted by Gasteiger charge is 2.47. The van der Waals surface area contributed by atoms with Crippen LogP contribution >= 0.6 is 11.8 Å². The van der Waals surface area contributed by atoms with Crippen molar-refractivity contribution in [2.45, 2.75) is 37.0 Å². The average molecular weight is 961 g/mol. The number of para-hydroxylation sites is 3. The van der Waals surface area contributed by atoms with Crippen molar-refractivity contribution in [3.05, 3.63) is 227 Å². The maximum Gasteiger partial charge on any atom is 0.348 e. The predicted octanol–water partition coefficient (Wildman–Crippen LogP) is 13.8. The van der Waals surface area contributed by atoms with Crippen molar-refractivity contribution in [1.29, 1.82) is 0 Å². The Bertz CT molecular complexity index is 3870. The minimum Gasteiger partial charge on any atom is -0.418 e. The Morgan fingerprint density at radius 3 is 1.81 bits per heavy atom. The highest BCUT2D eigenvalue weighted by atomic mass is 32.2. The van der Waals surface area contributed by atoms with Crippen molar-refractivity contribution in [3.63, 3.8) is 0 Å². The highest BCUT2D eigenvalue weighted by Crippen LogP contribution is 2.54. The molecule has 348 valence electrons. The molecule has 5 aliphatic rings. The van der Waals surface area contributed by atoms with Crippen LogP contribution in [0.4, 0.5) is 34.1 Å². The van der Waals surface area contributed by atoms with Gasteiger partial charge in [0.2, 0.25) is 0 Å². The van der Waals surface area contributed by atoms with Gasteiger partial charge in [-0.1, -0.05) is 130 Å². The molecule has 0 fully saturated rings. The SMILES string of the molecule is CC(C)(C)C1=C2OC(=O)C(c3ccc4cc(N(c5ccccc5)c5ccc(CC6=C7OC(=O)C(c8ccc9c%10c(ccc9c8)N(c8ccccc8)c8ccccc8S%10)=C7OC6=O)cc5)ccc4c3)=C2OC1=O. The zero-order valence-electron chi connectivity index (χ0n) is 39.0. The summed E-state index contributed by atoms with van der Waals surface area (Å²) in [6, 6.07) is 58.4. The summed E-state index contributed by atoms with van der Waals surface area (Å²) in [5.41, 5.74) is 8.43. The lowest BCUT2D eigenvalue weighted by Gasteiger charge is -2.33. The second-order valence-electron chi connectivity index (χ2n) is 19.1. The van der Waals surface area contributed by atoms with E-state index in [2.05, 4.69) is 64.4 Å². The number of rotatable bonds is 8.